The number of rotatable bonds is 2. The first-order valence-corrected chi connectivity index (χ1v) is 4.96. The van der Waals surface area contributed by atoms with E-state index < -0.39 is 24.6 Å². The van der Waals surface area contributed by atoms with Crippen LogP contribution in [0.5, 0.6) is 0 Å². The van der Waals surface area contributed by atoms with Crippen LogP contribution < -0.4 is 5.73 Å². The summed E-state index contributed by atoms with van der Waals surface area (Å²) in [4.78, 5) is 12.4. The molecule has 4 nitrogen and oxygen atoms in total. The molecule has 8 heteroatoms. The van der Waals surface area contributed by atoms with Crippen LogP contribution >= 0.6 is 12.2 Å². The number of halogens is 3. The molecule has 1 atom stereocenters. The standard InChI is InChI=1S/C8H11F3N2O2S/c9-8(10,11)3-6(14)13-1-2-15-5(4-13)7(12)16/h5H,1-4H2,(H2,12,16). The molecule has 1 heterocycles. The van der Waals surface area contributed by atoms with Crippen molar-refractivity contribution in [3.8, 4) is 0 Å². The number of hydrogen-bond acceptors (Lipinski definition) is 3. The Bertz CT molecular complexity index is 295. The molecule has 1 aliphatic rings. The van der Waals surface area contributed by atoms with Gasteiger partial charge in [-0.3, -0.25) is 4.79 Å². The van der Waals surface area contributed by atoms with E-state index in [1.54, 1.807) is 0 Å². The SMILES string of the molecule is NC(=S)C1CN(C(=O)CC(F)(F)F)CCO1. The first-order valence-electron chi connectivity index (χ1n) is 4.55. The summed E-state index contributed by atoms with van der Waals surface area (Å²) >= 11 is 4.66. The highest BCUT2D eigenvalue weighted by molar-refractivity contribution is 7.80. The normalized spacial score (nSPS) is 21.9. The Morgan fingerprint density at radius 3 is 2.69 bits per heavy atom. The molecule has 0 aromatic heterocycles. The van der Waals surface area contributed by atoms with Crippen LogP contribution in [0.3, 0.4) is 0 Å². The van der Waals surface area contributed by atoms with Gasteiger partial charge in [0.2, 0.25) is 5.91 Å². The smallest absolute Gasteiger partial charge is 0.391 e. The van der Waals surface area contributed by atoms with E-state index in [-0.39, 0.29) is 24.7 Å². The van der Waals surface area contributed by atoms with E-state index in [4.69, 9.17) is 10.5 Å². The van der Waals surface area contributed by atoms with Gasteiger partial charge < -0.3 is 15.4 Å². The highest BCUT2D eigenvalue weighted by Crippen LogP contribution is 2.21. The number of hydrogen-bond donors (Lipinski definition) is 1. The minimum Gasteiger partial charge on any atom is -0.391 e. The predicted octanol–water partition coefficient (Wildman–Crippen LogP) is 0.452. The molecular weight excluding hydrogens is 245 g/mol. The van der Waals surface area contributed by atoms with Crippen molar-refractivity contribution in [2.75, 3.05) is 19.7 Å². The molecule has 0 aromatic rings. The molecule has 0 aromatic carbocycles. The largest absolute Gasteiger partial charge is 0.397 e. The van der Waals surface area contributed by atoms with Gasteiger partial charge in [-0.1, -0.05) is 12.2 Å². The van der Waals surface area contributed by atoms with E-state index in [0.29, 0.717) is 0 Å². The summed E-state index contributed by atoms with van der Waals surface area (Å²) in [5.41, 5.74) is 5.30. The maximum atomic E-state index is 12.0. The molecule has 1 amide bonds. The van der Waals surface area contributed by atoms with Crippen molar-refractivity contribution in [3.63, 3.8) is 0 Å². The highest BCUT2D eigenvalue weighted by atomic mass is 32.1. The van der Waals surface area contributed by atoms with Crippen molar-refractivity contribution in [2.45, 2.75) is 18.7 Å². The van der Waals surface area contributed by atoms with Crippen molar-refractivity contribution < 1.29 is 22.7 Å². The molecule has 1 saturated heterocycles. The second-order valence-corrected chi connectivity index (χ2v) is 3.86. The van der Waals surface area contributed by atoms with Gasteiger partial charge in [-0.2, -0.15) is 13.2 Å². The average Bonchev–Trinajstić information content (AvgIpc) is 2.15. The van der Waals surface area contributed by atoms with E-state index in [9.17, 15) is 18.0 Å². The van der Waals surface area contributed by atoms with Gasteiger partial charge in [0.1, 0.15) is 17.5 Å². The molecule has 2 N–H and O–H groups in total. The number of nitrogens with zero attached hydrogens (tertiary/aromatic N) is 1. The lowest BCUT2D eigenvalue weighted by Crippen LogP contribution is -2.50. The molecule has 0 radical (unpaired) electrons. The van der Waals surface area contributed by atoms with E-state index in [1.165, 1.54) is 0 Å². The van der Waals surface area contributed by atoms with E-state index in [1.807, 2.05) is 0 Å². The van der Waals surface area contributed by atoms with Gasteiger partial charge in [0.15, 0.2) is 0 Å². The predicted molar refractivity (Wildman–Crippen MR) is 53.8 cm³/mol. The molecule has 16 heavy (non-hydrogen) atoms. The van der Waals surface area contributed by atoms with Gasteiger partial charge in [0.05, 0.1) is 13.2 Å². The number of ether oxygens (including phenoxy) is 1. The number of thiocarbonyl (C=S) groups is 1. The average molecular weight is 256 g/mol. The van der Waals surface area contributed by atoms with Crippen LogP contribution in [0, 0.1) is 0 Å². The van der Waals surface area contributed by atoms with Gasteiger partial charge in [-0.15, -0.1) is 0 Å². The number of carbonyl (C=O) groups is 1. The lowest BCUT2D eigenvalue weighted by molar-refractivity contribution is -0.164. The fourth-order valence-electron chi connectivity index (χ4n) is 1.33. The second kappa shape index (κ2) is 4.96. The minimum atomic E-state index is -4.49. The quantitative estimate of drug-likeness (QED) is 0.729. The minimum absolute atomic E-state index is 0.00968. The van der Waals surface area contributed by atoms with Crippen molar-refractivity contribution in [2.24, 2.45) is 5.73 Å². The summed E-state index contributed by atoms with van der Waals surface area (Å²) in [7, 11) is 0. The van der Waals surface area contributed by atoms with Crippen molar-refractivity contribution in [1.82, 2.24) is 4.90 Å². The van der Waals surface area contributed by atoms with Gasteiger partial charge in [0.25, 0.3) is 0 Å². The Kier molecular flexibility index (Phi) is 4.09. The number of nitrogens with two attached hydrogens (primary N) is 1. The number of amides is 1. The number of morpholine rings is 1. The Morgan fingerprint density at radius 2 is 2.19 bits per heavy atom. The molecule has 1 unspecified atom stereocenters. The summed E-state index contributed by atoms with van der Waals surface area (Å²) in [6, 6.07) is 0. The Morgan fingerprint density at radius 1 is 1.56 bits per heavy atom. The molecule has 0 bridgehead atoms. The van der Waals surface area contributed by atoms with Crippen LogP contribution in [0.1, 0.15) is 6.42 Å². The van der Waals surface area contributed by atoms with Crippen LogP contribution in [0.15, 0.2) is 0 Å². The van der Waals surface area contributed by atoms with E-state index >= 15 is 0 Å². The lowest BCUT2D eigenvalue weighted by atomic mass is 10.2. The maximum absolute atomic E-state index is 12.0. The van der Waals surface area contributed by atoms with Crippen LogP contribution in [-0.4, -0.2) is 47.8 Å². The van der Waals surface area contributed by atoms with E-state index in [2.05, 4.69) is 12.2 Å². The number of carbonyl (C=O) groups excluding carboxylic acids is 1. The third kappa shape index (κ3) is 3.93. The topological polar surface area (TPSA) is 55.6 Å². The molecule has 0 spiro atoms. The summed E-state index contributed by atoms with van der Waals surface area (Å²) in [6.45, 7) is 0.268. The second-order valence-electron chi connectivity index (χ2n) is 3.39. The lowest BCUT2D eigenvalue weighted by Gasteiger charge is -2.32. The van der Waals surface area contributed by atoms with Crippen LogP contribution in [0.2, 0.25) is 0 Å². The Balaban J connectivity index is 2.54. The first-order chi connectivity index (χ1) is 7.29. The third-order valence-electron chi connectivity index (χ3n) is 2.09. The summed E-state index contributed by atoms with van der Waals surface area (Å²) < 4.78 is 41.1. The number of alkyl halides is 3. The van der Waals surface area contributed by atoms with Gasteiger partial charge >= 0.3 is 6.18 Å². The zero-order chi connectivity index (χ0) is 12.3. The fourth-order valence-corrected chi connectivity index (χ4v) is 1.47. The van der Waals surface area contributed by atoms with E-state index in [0.717, 1.165) is 4.90 Å². The zero-order valence-corrected chi connectivity index (χ0v) is 9.11. The molecule has 0 aliphatic carbocycles. The molecular formula is C8H11F3N2O2S. The molecule has 0 saturated carbocycles. The summed E-state index contributed by atoms with van der Waals surface area (Å²) in [5.74, 6) is -0.975. The van der Waals surface area contributed by atoms with Gasteiger partial charge in [-0.25, -0.2) is 0 Å². The van der Waals surface area contributed by atoms with Crippen LogP contribution in [0.25, 0.3) is 0 Å². The zero-order valence-electron chi connectivity index (χ0n) is 8.29. The molecule has 1 aliphatic heterocycles. The third-order valence-corrected chi connectivity index (χ3v) is 2.35. The maximum Gasteiger partial charge on any atom is 0.397 e. The Labute approximate surface area is 95.5 Å². The van der Waals surface area contributed by atoms with Crippen molar-refractivity contribution in [3.05, 3.63) is 0 Å². The summed E-state index contributed by atoms with van der Waals surface area (Å²) in [5, 5.41) is 0. The van der Waals surface area contributed by atoms with Crippen LogP contribution in [-0.2, 0) is 9.53 Å². The fraction of sp³-hybridized carbons (Fsp3) is 0.750. The molecule has 92 valence electrons. The van der Waals surface area contributed by atoms with Crippen molar-refractivity contribution >= 4 is 23.1 Å². The molecule has 1 rings (SSSR count). The van der Waals surface area contributed by atoms with Gasteiger partial charge in [0, 0.05) is 6.54 Å². The van der Waals surface area contributed by atoms with Gasteiger partial charge in [-0.05, 0) is 0 Å². The molecule has 1 fully saturated rings. The first kappa shape index (κ1) is 13.2. The van der Waals surface area contributed by atoms with Crippen molar-refractivity contribution in [1.29, 1.82) is 0 Å². The highest BCUT2D eigenvalue weighted by Gasteiger charge is 2.35. The monoisotopic (exact) mass is 256 g/mol. The Hall–Kier alpha value is -0.890. The van der Waals surface area contributed by atoms with Crippen LogP contribution in [0.4, 0.5) is 13.2 Å². The summed E-state index contributed by atoms with van der Waals surface area (Å²) in [6.07, 6.45) is -6.61.